The van der Waals surface area contributed by atoms with Crippen LogP contribution in [0.15, 0.2) is 85.3 Å². The third-order valence-corrected chi connectivity index (χ3v) is 6.69. The molecule has 0 aliphatic carbocycles. The minimum atomic E-state index is 0.0519. The van der Waals surface area contributed by atoms with Crippen molar-refractivity contribution in [1.82, 2.24) is 14.8 Å². The summed E-state index contributed by atoms with van der Waals surface area (Å²) in [6.07, 6.45) is 34.6. The van der Waals surface area contributed by atoms with E-state index in [2.05, 4.69) is 72.7 Å². The molecule has 0 spiro atoms. The molecule has 5 heteroatoms. The molecule has 0 bridgehead atoms. The summed E-state index contributed by atoms with van der Waals surface area (Å²) in [7, 11) is 1.91. The van der Waals surface area contributed by atoms with E-state index in [1.807, 2.05) is 22.9 Å². The highest BCUT2D eigenvalue weighted by Crippen LogP contribution is 2.20. The van der Waals surface area contributed by atoms with E-state index in [0.717, 1.165) is 77.4 Å². The number of hydrogen-bond donors (Lipinski definition) is 0. The van der Waals surface area contributed by atoms with Gasteiger partial charge in [0, 0.05) is 45.5 Å². The van der Waals surface area contributed by atoms with Crippen LogP contribution >= 0.6 is 0 Å². The Bertz CT molecular complexity index is 938. The first-order valence-corrected chi connectivity index (χ1v) is 14.3. The monoisotopic (exact) mass is 517 g/mol. The third-order valence-electron chi connectivity index (χ3n) is 6.69. The zero-order chi connectivity index (χ0) is 27.3. The molecule has 206 valence electrons. The molecule has 0 aromatic carbocycles. The molecule has 0 N–H and O–H groups in total. The Hall–Kier alpha value is -3.21. The van der Waals surface area contributed by atoms with Gasteiger partial charge in [-0.1, -0.05) is 67.7 Å². The van der Waals surface area contributed by atoms with E-state index >= 15 is 0 Å². The summed E-state index contributed by atoms with van der Waals surface area (Å²) in [6, 6.07) is 3.61. The molecule has 38 heavy (non-hydrogen) atoms. The lowest BCUT2D eigenvalue weighted by Crippen LogP contribution is -2.42. The van der Waals surface area contributed by atoms with E-state index in [-0.39, 0.29) is 11.8 Å². The molecule has 2 amide bonds. The van der Waals surface area contributed by atoms with Crippen LogP contribution in [0.3, 0.4) is 0 Å². The van der Waals surface area contributed by atoms with Gasteiger partial charge in [-0.2, -0.15) is 0 Å². The van der Waals surface area contributed by atoms with Gasteiger partial charge in [0.25, 0.3) is 5.91 Å². The van der Waals surface area contributed by atoms with Gasteiger partial charge in [-0.05, 0) is 75.8 Å². The Morgan fingerprint density at radius 2 is 1.50 bits per heavy atom. The SMILES string of the molecule is CC/C=C\C/C=C\C/C=C\C/C=C\C/C=C\CCCC(=O)N(C)CC1CCN(C(=O)c2cccnc2)CC1. The molecular formula is C33H47N3O2. The lowest BCUT2D eigenvalue weighted by Gasteiger charge is -2.34. The Morgan fingerprint density at radius 1 is 0.921 bits per heavy atom. The van der Waals surface area contributed by atoms with Crippen molar-refractivity contribution in [2.45, 2.75) is 71.1 Å². The van der Waals surface area contributed by atoms with Crippen molar-refractivity contribution in [2.24, 2.45) is 5.92 Å². The highest BCUT2D eigenvalue weighted by Gasteiger charge is 2.25. The summed E-state index contributed by atoms with van der Waals surface area (Å²) < 4.78 is 0. The largest absolute Gasteiger partial charge is 0.345 e. The third kappa shape index (κ3) is 13.4. The van der Waals surface area contributed by atoms with Crippen LogP contribution in [0, 0.1) is 5.92 Å². The van der Waals surface area contributed by atoms with Crippen LogP contribution in [0.5, 0.6) is 0 Å². The average Bonchev–Trinajstić information content (AvgIpc) is 2.95. The molecule has 1 fully saturated rings. The van der Waals surface area contributed by atoms with Gasteiger partial charge in [0.05, 0.1) is 5.56 Å². The molecule has 0 saturated carbocycles. The number of unbranched alkanes of at least 4 members (excludes halogenated alkanes) is 1. The fourth-order valence-corrected chi connectivity index (χ4v) is 4.41. The second kappa shape index (κ2) is 19.8. The maximum absolute atomic E-state index is 12.6. The molecule has 1 saturated heterocycles. The lowest BCUT2D eigenvalue weighted by atomic mass is 9.95. The summed E-state index contributed by atoms with van der Waals surface area (Å²) >= 11 is 0. The standard InChI is InChI=1S/C33H47N3O2/c1-3-4-5-6-7-8-9-10-11-12-13-14-15-16-17-18-19-22-32(37)35(2)29-30-23-26-36(27-24-30)33(38)31-21-20-25-34-28-31/h4-5,7-8,10-11,13-14,16-17,20-21,25,28,30H,3,6,9,12,15,18-19,22-24,26-27,29H2,1-2H3/b5-4-,8-7-,11-10-,14-13-,17-16-. The predicted molar refractivity (Wildman–Crippen MR) is 159 cm³/mol. The maximum atomic E-state index is 12.6. The quantitative estimate of drug-likeness (QED) is 0.171. The lowest BCUT2D eigenvalue weighted by molar-refractivity contribution is -0.130. The van der Waals surface area contributed by atoms with Gasteiger partial charge < -0.3 is 9.80 Å². The molecule has 5 nitrogen and oxygen atoms in total. The number of hydrogen-bond acceptors (Lipinski definition) is 3. The van der Waals surface area contributed by atoms with Crippen LogP contribution in [0.4, 0.5) is 0 Å². The van der Waals surface area contributed by atoms with E-state index in [4.69, 9.17) is 0 Å². The van der Waals surface area contributed by atoms with E-state index in [0.29, 0.717) is 17.9 Å². The van der Waals surface area contributed by atoms with Crippen LogP contribution in [0.25, 0.3) is 0 Å². The van der Waals surface area contributed by atoms with Gasteiger partial charge in [-0.3, -0.25) is 14.6 Å². The zero-order valence-corrected chi connectivity index (χ0v) is 23.5. The number of amides is 2. The van der Waals surface area contributed by atoms with Gasteiger partial charge in [0.15, 0.2) is 0 Å². The van der Waals surface area contributed by atoms with Crippen LogP contribution in [0.1, 0.15) is 81.5 Å². The smallest absolute Gasteiger partial charge is 0.255 e. The first kappa shape index (κ1) is 31.0. The molecule has 1 aromatic rings. The summed E-state index contributed by atoms with van der Waals surface area (Å²) in [5.41, 5.74) is 0.644. The number of carbonyl (C=O) groups is 2. The zero-order valence-electron chi connectivity index (χ0n) is 23.5. The average molecular weight is 518 g/mol. The van der Waals surface area contributed by atoms with Crippen LogP contribution in [-0.4, -0.2) is 53.3 Å². The molecular weight excluding hydrogens is 470 g/mol. The Kier molecular flexibility index (Phi) is 16.2. The molecule has 1 aliphatic rings. The first-order chi connectivity index (χ1) is 18.6. The topological polar surface area (TPSA) is 53.5 Å². The van der Waals surface area contributed by atoms with Crippen LogP contribution < -0.4 is 0 Å². The van der Waals surface area contributed by atoms with Crippen molar-refractivity contribution in [2.75, 3.05) is 26.7 Å². The number of rotatable bonds is 16. The van der Waals surface area contributed by atoms with E-state index in [9.17, 15) is 9.59 Å². The van der Waals surface area contributed by atoms with Crippen LogP contribution in [-0.2, 0) is 4.79 Å². The second-order valence-corrected chi connectivity index (χ2v) is 9.85. The number of piperidine rings is 1. The van der Waals surface area contributed by atoms with Crippen molar-refractivity contribution < 1.29 is 9.59 Å². The number of likely N-dealkylation sites (tertiary alicyclic amines) is 1. The molecule has 0 unspecified atom stereocenters. The Balaban J connectivity index is 1.49. The summed E-state index contributed by atoms with van der Waals surface area (Å²) in [4.78, 5) is 32.9. The first-order valence-electron chi connectivity index (χ1n) is 14.3. The summed E-state index contributed by atoms with van der Waals surface area (Å²) in [6.45, 7) is 4.41. The van der Waals surface area contributed by atoms with Gasteiger partial charge in [0.1, 0.15) is 0 Å². The number of nitrogens with zero attached hydrogens (tertiary/aromatic N) is 3. The molecule has 2 rings (SSSR count). The molecule has 1 aromatic heterocycles. The van der Waals surface area contributed by atoms with E-state index in [1.54, 1.807) is 18.5 Å². The minimum absolute atomic E-state index is 0.0519. The van der Waals surface area contributed by atoms with Gasteiger partial charge in [-0.25, -0.2) is 0 Å². The summed E-state index contributed by atoms with van der Waals surface area (Å²) in [5, 5.41) is 0. The molecule has 2 heterocycles. The second-order valence-electron chi connectivity index (χ2n) is 9.85. The molecule has 1 aliphatic heterocycles. The van der Waals surface area contributed by atoms with E-state index < -0.39 is 0 Å². The fourth-order valence-electron chi connectivity index (χ4n) is 4.41. The Labute approximate surface area is 230 Å². The van der Waals surface area contributed by atoms with Crippen molar-refractivity contribution in [3.05, 3.63) is 90.9 Å². The van der Waals surface area contributed by atoms with Gasteiger partial charge in [-0.15, -0.1) is 0 Å². The number of allylic oxidation sites excluding steroid dienone is 10. The van der Waals surface area contributed by atoms with Crippen LogP contribution in [0.2, 0.25) is 0 Å². The minimum Gasteiger partial charge on any atom is -0.345 e. The van der Waals surface area contributed by atoms with Crippen molar-refractivity contribution >= 4 is 11.8 Å². The van der Waals surface area contributed by atoms with Gasteiger partial charge in [0.2, 0.25) is 5.91 Å². The normalized spacial score (nSPS) is 15.2. The maximum Gasteiger partial charge on any atom is 0.255 e. The van der Waals surface area contributed by atoms with Crippen molar-refractivity contribution in [3.8, 4) is 0 Å². The Morgan fingerprint density at radius 3 is 2.05 bits per heavy atom. The van der Waals surface area contributed by atoms with Gasteiger partial charge >= 0.3 is 0 Å². The highest BCUT2D eigenvalue weighted by atomic mass is 16.2. The van der Waals surface area contributed by atoms with Crippen molar-refractivity contribution in [3.63, 3.8) is 0 Å². The fraction of sp³-hybridized carbons (Fsp3) is 0.485. The summed E-state index contributed by atoms with van der Waals surface area (Å²) in [5.74, 6) is 0.718. The number of aromatic nitrogens is 1. The highest BCUT2D eigenvalue weighted by molar-refractivity contribution is 5.93. The van der Waals surface area contributed by atoms with E-state index in [1.165, 1.54) is 0 Å². The number of pyridine rings is 1. The molecule has 0 atom stereocenters. The predicted octanol–water partition coefficient (Wildman–Crippen LogP) is 7.31. The number of carbonyl (C=O) groups excluding carboxylic acids is 2. The van der Waals surface area contributed by atoms with Crippen molar-refractivity contribution in [1.29, 1.82) is 0 Å². The molecule has 0 radical (unpaired) electrons.